The largest absolute Gasteiger partial charge is 0.308 e. The lowest BCUT2D eigenvalue weighted by Gasteiger charge is -2.28. The highest BCUT2D eigenvalue weighted by molar-refractivity contribution is 7.99. The molecule has 1 N–H and O–H groups in total. The number of aromatic nitrogens is 2. The minimum atomic E-state index is 0.707. The van der Waals surface area contributed by atoms with Gasteiger partial charge in [0, 0.05) is 31.1 Å². The molecule has 2 rings (SSSR count). The van der Waals surface area contributed by atoms with Gasteiger partial charge in [-0.05, 0) is 38.0 Å². The van der Waals surface area contributed by atoms with Gasteiger partial charge in [-0.2, -0.15) is 16.9 Å². The molecular weight excluding hydrogens is 218 g/mol. The standard InChI is InChI=1S/C12H21N3S/c1-15-11(7-8-14-15)9-13-10-3-5-12(16-2)6-4-10/h7-8,10,12-13H,3-6,9H2,1-2H3. The topological polar surface area (TPSA) is 29.9 Å². The van der Waals surface area contributed by atoms with Crippen LogP contribution in [0.1, 0.15) is 31.4 Å². The summed E-state index contributed by atoms with van der Waals surface area (Å²) >= 11 is 2.02. The molecule has 0 saturated heterocycles. The van der Waals surface area contributed by atoms with E-state index in [1.54, 1.807) is 0 Å². The molecule has 4 heteroatoms. The molecule has 3 nitrogen and oxygen atoms in total. The number of aryl methyl sites for hydroxylation is 1. The molecule has 0 unspecified atom stereocenters. The van der Waals surface area contributed by atoms with E-state index in [1.165, 1.54) is 31.4 Å². The van der Waals surface area contributed by atoms with Crippen molar-refractivity contribution in [3.8, 4) is 0 Å². The van der Waals surface area contributed by atoms with Crippen LogP contribution in [-0.2, 0) is 13.6 Å². The molecule has 16 heavy (non-hydrogen) atoms. The quantitative estimate of drug-likeness (QED) is 0.873. The van der Waals surface area contributed by atoms with Crippen molar-refractivity contribution in [2.45, 2.75) is 43.5 Å². The van der Waals surface area contributed by atoms with E-state index in [9.17, 15) is 0 Å². The number of nitrogens with one attached hydrogen (secondary N) is 1. The number of rotatable bonds is 4. The first-order chi connectivity index (χ1) is 7.79. The van der Waals surface area contributed by atoms with Crippen molar-refractivity contribution in [3.05, 3.63) is 18.0 Å². The molecule has 0 radical (unpaired) electrons. The maximum absolute atomic E-state index is 4.18. The molecule has 1 aromatic heterocycles. The van der Waals surface area contributed by atoms with Crippen LogP contribution in [-0.4, -0.2) is 27.3 Å². The van der Waals surface area contributed by atoms with Crippen LogP contribution in [0, 0.1) is 0 Å². The summed E-state index contributed by atoms with van der Waals surface area (Å²) in [6, 6.07) is 2.79. The first kappa shape index (κ1) is 12.0. The van der Waals surface area contributed by atoms with Gasteiger partial charge in [-0.3, -0.25) is 4.68 Å². The monoisotopic (exact) mass is 239 g/mol. The molecule has 1 heterocycles. The highest BCUT2D eigenvalue weighted by Crippen LogP contribution is 2.26. The Balaban J connectivity index is 1.73. The number of nitrogens with zero attached hydrogens (tertiary/aromatic N) is 2. The Morgan fingerprint density at radius 2 is 2.19 bits per heavy atom. The molecule has 90 valence electrons. The summed E-state index contributed by atoms with van der Waals surface area (Å²) in [4.78, 5) is 0. The predicted octanol–water partition coefficient (Wildman–Crippen LogP) is 2.18. The summed E-state index contributed by atoms with van der Waals surface area (Å²) < 4.78 is 1.94. The summed E-state index contributed by atoms with van der Waals surface area (Å²) in [5.74, 6) is 0. The molecule has 0 atom stereocenters. The molecule has 0 aromatic carbocycles. The second kappa shape index (κ2) is 5.73. The third-order valence-corrected chi connectivity index (χ3v) is 4.64. The van der Waals surface area contributed by atoms with Crippen LogP contribution in [0.2, 0.25) is 0 Å². The van der Waals surface area contributed by atoms with E-state index in [0.29, 0.717) is 6.04 Å². The fraction of sp³-hybridized carbons (Fsp3) is 0.750. The molecule has 0 bridgehead atoms. The summed E-state index contributed by atoms with van der Waals surface area (Å²) in [5, 5.41) is 8.72. The fourth-order valence-corrected chi connectivity index (χ4v) is 3.07. The van der Waals surface area contributed by atoms with Gasteiger partial charge in [-0.1, -0.05) is 0 Å². The van der Waals surface area contributed by atoms with E-state index < -0.39 is 0 Å². The van der Waals surface area contributed by atoms with E-state index >= 15 is 0 Å². The average Bonchev–Trinajstić information content (AvgIpc) is 2.73. The second-order valence-corrected chi connectivity index (χ2v) is 5.67. The Morgan fingerprint density at radius 1 is 1.44 bits per heavy atom. The van der Waals surface area contributed by atoms with Crippen LogP contribution < -0.4 is 5.32 Å². The molecule has 1 saturated carbocycles. The van der Waals surface area contributed by atoms with E-state index in [1.807, 2.05) is 29.7 Å². The molecule has 0 aliphatic heterocycles. The molecular formula is C12H21N3S. The van der Waals surface area contributed by atoms with Crippen molar-refractivity contribution in [3.63, 3.8) is 0 Å². The van der Waals surface area contributed by atoms with Gasteiger partial charge in [0.05, 0.1) is 5.69 Å². The Bertz CT molecular complexity index is 316. The van der Waals surface area contributed by atoms with Gasteiger partial charge in [-0.15, -0.1) is 0 Å². The van der Waals surface area contributed by atoms with Crippen LogP contribution in [0.5, 0.6) is 0 Å². The van der Waals surface area contributed by atoms with Gasteiger partial charge in [0.1, 0.15) is 0 Å². The Hall–Kier alpha value is -0.480. The van der Waals surface area contributed by atoms with Crippen LogP contribution in [0.25, 0.3) is 0 Å². The summed E-state index contributed by atoms with van der Waals surface area (Å²) in [5.41, 5.74) is 1.27. The SMILES string of the molecule is CSC1CCC(NCc2ccnn2C)CC1. The highest BCUT2D eigenvalue weighted by atomic mass is 32.2. The fourth-order valence-electron chi connectivity index (χ4n) is 2.33. The lowest BCUT2D eigenvalue weighted by molar-refractivity contribution is 0.375. The third-order valence-electron chi connectivity index (χ3n) is 3.50. The molecule has 1 aliphatic rings. The van der Waals surface area contributed by atoms with Crippen LogP contribution in [0.4, 0.5) is 0 Å². The smallest absolute Gasteiger partial charge is 0.0518 e. The zero-order valence-corrected chi connectivity index (χ0v) is 11.0. The van der Waals surface area contributed by atoms with E-state index in [2.05, 4.69) is 22.7 Å². The summed E-state index contributed by atoms with van der Waals surface area (Å²) in [7, 11) is 2.00. The van der Waals surface area contributed by atoms with E-state index in [-0.39, 0.29) is 0 Å². The molecule has 1 aliphatic carbocycles. The van der Waals surface area contributed by atoms with Gasteiger partial charge >= 0.3 is 0 Å². The van der Waals surface area contributed by atoms with E-state index in [4.69, 9.17) is 0 Å². The van der Waals surface area contributed by atoms with Crippen molar-refractivity contribution in [2.75, 3.05) is 6.26 Å². The first-order valence-corrected chi connectivity index (χ1v) is 7.31. The average molecular weight is 239 g/mol. The maximum atomic E-state index is 4.18. The normalized spacial score (nSPS) is 25.9. The lowest BCUT2D eigenvalue weighted by Crippen LogP contribution is -2.33. The summed E-state index contributed by atoms with van der Waals surface area (Å²) in [6.45, 7) is 0.950. The number of thioether (sulfide) groups is 1. The molecule has 0 amide bonds. The third kappa shape index (κ3) is 3.01. The van der Waals surface area contributed by atoms with Crippen molar-refractivity contribution in [2.24, 2.45) is 7.05 Å². The van der Waals surface area contributed by atoms with Crippen LogP contribution in [0.15, 0.2) is 12.3 Å². The minimum Gasteiger partial charge on any atom is -0.308 e. The minimum absolute atomic E-state index is 0.707. The number of hydrogen-bond donors (Lipinski definition) is 1. The van der Waals surface area contributed by atoms with Gasteiger partial charge < -0.3 is 5.32 Å². The zero-order valence-electron chi connectivity index (χ0n) is 10.1. The Morgan fingerprint density at radius 3 is 2.75 bits per heavy atom. The van der Waals surface area contributed by atoms with Gasteiger partial charge in [0.25, 0.3) is 0 Å². The van der Waals surface area contributed by atoms with Gasteiger partial charge in [0.15, 0.2) is 0 Å². The van der Waals surface area contributed by atoms with Crippen molar-refractivity contribution >= 4 is 11.8 Å². The van der Waals surface area contributed by atoms with Gasteiger partial charge in [-0.25, -0.2) is 0 Å². The maximum Gasteiger partial charge on any atom is 0.0518 e. The van der Waals surface area contributed by atoms with Crippen molar-refractivity contribution in [1.82, 2.24) is 15.1 Å². The highest BCUT2D eigenvalue weighted by Gasteiger charge is 2.19. The molecule has 1 aromatic rings. The van der Waals surface area contributed by atoms with Crippen LogP contribution in [0.3, 0.4) is 0 Å². The zero-order chi connectivity index (χ0) is 11.4. The Labute approximate surface area is 102 Å². The van der Waals surface area contributed by atoms with Gasteiger partial charge in [0.2, 0.25) is 0 Å². The van der Waals surface area contributed by atoms with Crippen LogP contribution >= 0.6 is 11.8 Å². The van der Waals surface area contributed by atoms with Crippen molar-refractivity contribution in [1.29, 1.82) is 0 Å². The predicted molar refractivity (Wildman–Crippen MR) is 69.6 cm³/mol. The van der Waals surface area contributed by atoms with Crippen molar-refractivity contribution < 1.29 is 0 Å². The lowest BCUT2D eigenvalue weighted by atomic mass is 9.95. The molecule has 1 fully saturated rings. The molecule has 0 spiro atoms. The second-order valence-electron chi connectivity index (χ2n) is 4.54. The first-order valence-electron chi connectivity index (χ1n) is 6.02. The summed E-state index contributed by atoms with van der Waals surface area (Å²) in [6.07, 6.45) is 9.47. The Kier molecular flexibility index (Phi) is 4.29. The van der Waals surface area contributed by atoms with E-state index in [0.717, 1.165) is 11.8 Å². The number of hydrogen-bond acceptors (Lipinski definition) is 3.